The molecule has 0 radical (unpaired) electrons. The van der Waals surface area contributed by atoms with E-state index in [-0.39, 0.29) is 38.4 Å². The van der Waals surface area contributed by atoms with E-state index in [1.54, 1.807) is 39.0 Å². The molecule has 4 aromatic rings. The molecule has 1 aromatic heterocycles. The van der Waals surface area contributed by atoms with Gasteiger partial charge in [0, 0.05) is 47.5 Å². The van der Waals surface area contributed by atoms with Crippen molar-refractivity contribution in [2.75, 3.05) is 13.1 Å². The quantitative estimate of drug-likeness (QED) is 0.258. The molecule has 0 saturated carbocycles. The van der Waals surface area contributed by atoms with Gasteiger partial charge in [-0.3, -0.25) is 4.79 Å². The fourth-order valence-electron chi connectivity index (χ4n) is 4.83. The van der Waals surface area contributed by atoms with Crippen molar-refractivity contribution >= 4 is 34.6 Å². The minimum Gasteiger partial charge on any atom is -0.459 e. The first-order valence-corrected chi connectivity index (χ1v) is 13.8. The predicted octanol–water partition coefficient (Wildman–Crippen LogP) is 8.32. The van der Waals surface area contributed by atoms with Crippen molar-refractivity contribution in [2.24, 2.45) is 0 Å². The monoisotopic (exact) mass is 580 g/mol. The van der Waals surface area contributed by atoms with Crippen LogP contribution in [-0.4, -0.2) is 41.5 Å². The third kappa shape index (κ3) is 6.88. The van der Waals surface area contributed by atoms with E-state index in [2.05, 4.69) is 5.32 Å². The molecule has 2 amide bonds. The number of nitrogens with one attached hydrogen (secondary N) is 1. The fraction of sp³-hybridized carbons (Fsp3) is 0.312. The molecule has 1 N–H and O–H groups in total. The van der Waals surface area contributed by atoms with Gasteiger partial charge >= 0.3 is 6.09 Å². The number of likely N-dealkylation sites (tertiary alicyclic amines) is 1. The number of piperidine rings is 1. The summed E-state index contributed by atoms with van der Waals surface area (Å²) in [6, 6.07) is 20.4. The number of furan rings is 1. The Balaban J connectivity index is 1.44. The maximum atomic E-state index is 13.5. The standard InChI is InChI=1S/C32H31ClF2N2O4/c1-31(2,3)41-30(39)36-19-26-17-24-15-23(18-27(28(24)40-26)22-5-4-6-25(33)16-22)20-7-9-21(10-8-20)29(38)37-13-11-32(34,35)12-14-37/h4-10,15-18H,11-14,19H2,1-3H3,(H,36,39). The van der Waals surface area contributed by atoms with Crippen LogP contribution in [0.2, 0.25) is 5.02 Å². The van der Waals surface area contributed by atoms with Crippen LogP contribution in [-0.2, 0) is 11.3 Å². The van der Waals surface area contributed by atoms with Crippen LogP contribution >= 0.6 is 11.6 Å². The number of hydrogen-bond donors (Lipinski definition) is 1. The van der Waals surface area contributed by atoms with Crippen molar-refractivity contribution in [3.63, 3.8) is 0 Å². The summed E-state index contributed by atoms with van der Waals surface area (Å²) >= 11 is 6.30. The Kier molecular flexibility index (Phi) is 7.79. The summed E-state index contributed by atoms with van der Waals surface area (Å²) in [6.45, 7) is 5.61. The summed E-state index contributed by atoms with van der Waals surface area (Å²) in [6.07, 6.45) is -1.17. The Hall–Kier alpha value is -3.91. The van der Waals surface area contributed by atoms with Crippen LogP contribution in [0.4, 0.5) is 13.6 Å². The zero-order valence-electron chi connectivity index (χ0n) is 23.1. The number of halogens is 3. The number of carbonyl (C=O) groups is 2. The van der Waals surface area contributed by atoms with Crippen LogP contribution < -0.4 is 5.32 Å². The lowest BCUT2D eigenvalue weighted by atomic mass is 9.96. The van der Waals surface area contributed by atoms with Crippen LogP contribution in [0.1, 0.15) is 49.7 Å². The van der Waals surface area contributed by atoms with Crippen LogP contribution in [0.25, 0.3) is 33.2 Å². The molecule has 2 heterocycles. The number of benzene rings is 3. The summed E-state index contributed by atoms with van der Waals surface area (Å²) < 4.78 is 38.6. The molecular formula is C32H31ClF2N2O4. The van der Waals surface area contributed by atoms with Gasteiger partial charge in [-0.15, -0.1) is 0 Å². The molecule has 41 heavy (non-hydrogen) atoms. The van der Waals surface area contributed by atoms with Gasteiger partial charge in [0.2, 0.25) is 0 Å². The number of amides is 2. The highest BCUT2D eigenvalue weighted by molar-refractivity contribution is 6.30. The lowest BCUT2D eigenvalue weighted by molar-refractivity contribution is -0.0494. The molecule has 0 atom stereocenters. The van der Waals surface area contributed by atoms with Crippen LogP contribution in [0, 0.1) is 0 Å². The van der Waals surface area contributed by atoms with E-state index < -0.39 is 17.6 Å². The van der Waals surface area contributed by atoms with Gasteiger partial charge in [-0.25, -0.2) is 13.6 Å². The molecule has 214 valence electrons. The number of hydrogen-bond acceptors (Lipinski definition) is 4. The highest BCUT2D eigenvalue weighted by atomic mass is 35.5. The Morgan fingerprint density at radius 1 is 0.976 bits per heavy atom. The van der Waals surface area contributed by atoms with E-state index in [9.17, 15) is 18.4 Å². The molecule has 0 spiro atoms. The normalized spacial score (nSPS) is 15.1. The first kappa shape index (κ1) is 28.6. The third-order valence-corrected chi connectivity index (χ3v) is 7.09. The molecule has 1 aliphatic heterocycles. The highest BCUT2D eigenvalue weighted by Gasteiger charge is 2.35. The molecule has 0 unspecified atom stereocenters. The number of fused-ring (bicyclic) bond motifs is 1. The van der Waals surface area contributed by atoms with E-state index in [1.165, 1.54) is 4.90 Å². The smallest absolute Gasteiger partial charge is 0.408 e. The second-order valence-corrected chi connectivity index (χ2v) is 11.7. The number of alkyl carbamates (subject to hydrolysis) is 1. The average Bonchev–Trinajstić information content (AvgIpc) is 3.33. The molecule has 0 bridgehead atoms. The highest BCUT2D eigenvalue weighted by Crippen LogP contribution is 2.37. The van der Waals surface area contributed by atoms with Crippen molar-refractivity contribution < 1.29 is 27.5 Å². The Bertz CT molecular complexity index is 1580. The molecule has 6 nitrogen and oxygen atoms in total. The second kappa shape index (κ2) is 11.2. The minimum absolute atomic E-state index is 0.0405. The van der Waals surface area contributed by atoms with Crippen LogP contribution in [0.15, 0.2) is 71.1 Å². The van der Waals surface area contributed by atoms with Crippen molar-refractivity contribution in [1.29, 1.82) is 0 Å². The van der Waals surface area contributed by atoms with E-state index in [4.69, 9.17) is 20.8 Å². The van der Waals surface area contributed by atoms with Crippen molar-refractivity contribution in [2.45, 2.75) is 51.7 Å². The molecule has 1 aliphatic rings. The summed E-state index contributed by atoms with van der Waals surface area (Å²) in [5.41, 5.74) is 3.91. The van der Waals surface area contributed by atoms with Gasteiger partial charge in [0.05, 0.1) is 6.54 Å². The number of rotatable bonds is 5. The van der Waals surface area contributed by atoms with Gasteiger partial charge in [0.15, 0.2) is 0 Å². The lowest BCUT2D eigenvalue weighted by Gasteiger charge is -2.31. The van der Waals surface area contributed by atoms with Gasteiger partial charge in [-0.1, -0.05) is 35.9 Å². The zero-order chi connectivity index (χ0) is 29.4. The van der Waals surface area contributed by atoms with E-state index >= 15 is 0 Å². The van der Waals surface area contributed by atoms with Gasteiger partial charge in [0.1, 0.15) is 16.9 Å². The summed E-state index contributed by atoms with van der Waals surface area (Å²) in [5, 5.41) is 4.13. The molecular weight excluding hydrogens is 550 g/mol. The Morgan fingerprint density at radius 2 is 1.68 bits per heavy atom. The zero-order valence-corrected chi connectivity index (χ0v) is 23.9. The number of carbonyl (C=O) groups excluding carboxylic acids is 2. The molecule has 3 aromatic carbocycles. The van der Waals surface area contributed by atoms with Crippen molar-refractivity contribution in [3.8, 4) is 22.3 Å². The Morgan fingerprint density at radius 3 is 2.34 bits per heavy atom. The number of ether oxygens (including phenoxy) is 1. The SMILES string of the molecule is CC(C)(C)OC(=O)NCc1cc2cc(-c3ccc(C(=O)N4CCC(F)(F)CC4)cc3)cc(-c3cccc(Cl)c3)c2o1. The number of alkyl halides is 2. The van der Waals surface area contributed by atoms with Crippen LogP contribution in [0.3, 0.4) is 0 Å². The molecule has 0 aliphatic carbocycles. The number of nitrogens with zero attached hydrogens (tertiary/aromatic N) is 1. The first-order chi connectivity index (χ1) is 19.4. The lowest BCUT2D eigenvalue weighted by Crippen LogP contribution is -2.42. The van der Waals surface area contributed by atoms with Gasteiger partial charge in [-0.05, 0) is 79.9 Å². The molecule has 1 fully saturated rings. The maximum Gasteiger partial charge on any atom is 0.408 e. The predicted molar refractivity (Wildman–Crippen MR) is 155 cm³/mol. The largest absolute Gasteiger partial charge is 0.459 e. The molecule has 9 heteroatoms. The topological polar surface area (TPSA) is 71.8 Å². The van der Waals surface area contributed by atoms with E-state index in [0.717, 1.165) is 27.6 Å². The second-order valence-electron chi connectivity index (χ2n) is 11.2. The molecule has 1 saturated heterocycles. The minimum atomic E-state index is -2.71. The van der Waals surface area contributed by atoms with Crippen molar-refractivity contribution in [3.05, 3.63) is 83.1 Å². The van der Waals surface area contributed by atoms with Crippen molar-refractivity contribution in [1.82, 2.24) is 10.2 Å². The summed E-state index contributed by atoms with van der Waals surface area (Å²) in [5.74, 6) is -2.41. The van der Waals surface area contributed by atoms with E-state index in [1.807, 2.05) is 48.5 Å². The van der Waals surface area contributed by atoms with Gasteiger partial charge in [-0.2, -0.15) is 0 Å². The maximum absolute atomic E-state index is 13.5. The Labute approximate surface area is 242 Å². The summed E-state index contributed by atoms with van der Waals surface area (Å²) in [7, 11) is 0. The average molecular weight is 581 g/mol. The summed E-state index contributed by atoms with van der Waals surface area (Å²) in [4.78, 5) is 26.6. The fourth-order valence-corrected chi connectivity index (χ4v) is 5.02. The van der Waals surface area contributed by atoms with Crippen LogP contribution in [0.5, 0.6) is 0 Å². The van der Waals surface area contributed by atoms with Gasteiger partial charge in [0.25, 0.3) is 11.8 Å². The molecule has 5 rings (SSSR count). The first-order valence-electron chi connectivity index (χ1n) is 13.4. The van der Waals surface area contributed by atoms with E-state index in [0.29, 0.717) is 21.9 Å². The third-order valence-electron chi connectivity index (χ3n) is 6.86. The van der Waals surface area contributed by atoms with Gasteiger partial charge < -0.3 is 19.4 Å².